The molecule has 0 saturated carbocycles. The van der Waals surface area contributed by atoms with Gasteiger partial charge in [-0.25, -0.2) is 14.2 Å². The van der Waals surface area contributed by atoms with Crippen LogP contribution in [-0.4, -0.2) is 33.1 Å². The van der Waals surface area contributed by atoms with Crippen LogP contribution in [0.2, 0.25) is 5.02 Å². The molecule has 2 amide bonds. The maximum absolute atomic E-state index is 13.2. The SMILES string of the molecule is CC(C)OC(=O)Nc1nc2nccc(C(=O)Nc3ccc(F)c(Cl)c3)c2[nH]1. The van der Waals surface area contributed by atoms with Gasteiger partial charge in [-0.05, 0) is 38.1 Å². The first-order chi connectivity index (χ1) is 12.8. The summed E-state index contributed by atoms with van der Waals surface area (Å²) in [5.41, 5.74) is 1.12. The van der Waals surface area contributed by atoms with Crippen LogP contribution in [0.1, 0.15) is 24.2 Å². The number of nitrogens with one attached hydrogen (secondary N) is 3. The molecule has 2 aromatic heterocycles. The van der Waals surface area contributed by atoms with Crippen molar-refractivity contribution in [3.05, 3.63) is 46.9 Å². The summed E-state index contributed by atoms with van der Waals surface area (Å²) in [5, 5.41) is 4.94. The highest BCUT2D eigenvalue weighted by Gasteiger charge is 2.16. The molecule has 0 spiro atoms. The maximum Gasteiger partial charge on any atom is 0.414 e. The molecular formula is C17H15ClFN5O3. The maximum atomic E-state index is 13.2. The molecule has 2 heterocycles. The molecule has 10 heteroatoms. The lowest BCUT2D eigenvalue weighted by atomic mass is 10.2. The number of hydrogen-bond donors (Lipinski definition) is 3. The van der Waals surface area contributed by atoms with Crippen molar-refractivity contribution in [1.82, 2.24) is 15.0 Å². The third-order valence-electron chi connectivity index (χ3n) is 3.38. The second kappa shape index (κ2) is 7.58. The summed E-state index contributed by atoms with van der Waals surface area (Å²) in [4.78, 5) is 35.2. The van der Waals surface area contributed by atoms with Crippen LogP contribution < -0.4 is 10.6 Å². The Hall–Kier alpha value is -3.20. The molecule has 0 bridgehead atoms. The Morgan fingerprint density at radius 1 is 1.26 bits per heavy atom. The van der Waals surface area contributed by atoms with Crippen molar-refractivity contribution in [2.75, 3.05) is 10.6 Å². The molecule has 3 N–H and O–H groups in total. The van der Waals surface area contributed by atoms with Gasteiger partial charge in [-0.1, -0.05) is 11.6 Å². The van der Waals surface area contributed by atoms with Gasteiger partial charge in [0.2, 0.25) is 5.95 Å². The number of halogens is 2. The first kappa shape index (κ1) is 18.6. The van der Waals surface area contributed by atoms with Crippen molar-refractivity contribution >= 4 is 46.4 Å². The summed E-state index contributed by atoms with van der Waals surface area (Å²) in [7, 11) is 0. The number of imidazole rings is 1. The molecular weight excluding hydrogens is 377 g/mol. The lowest BCUT2D eigenvalue weighted by Gasteiger charge is -2.07. The summed E-state index contributed by atoms with van der Waals surface area (Å²) in [6.07, 6.45) is 0.429. The molecule has 3 rings (SSSR count). The van der Waals surface area contributed by atoms with Crippen molar-refractivity contribution in [3.8, 4) is 0 Å². The average Bonchev–Trinajstić information content (AvgIpc) is 2.99. The fourth-order valence-electron chi connectivity index (χ4n) is 2.27. The lowest BCUT2D eigenvalue weighted by Crippen LogP contribution is -2.18. The van der Waals surface area contributed by atoms with E-state index < -0.39 is 17.8 Å². The Labute approximate surface area is 158 Å². The molecule has 0 aliphatic carbocycles. The van der Waals surface area contributed by atoms with Gasteiger partial charge in [0.05, 0.1) is 22.2 Å². The molecule has 0 radical (unpaired) electrons. The number of carbonyl (C=O) groups is 2. The number of rotatable bonds is 4. The van der Waals surface area contributed by atoms with Crippen molar-refractivity contribution in [2.24, 2.45) is 0 Å². The zero-order valence-electron chi connectivity index (χ0n) is 14.3. The zero-order chi connectivity index (χ0) is 19.6. The minimum absolute atomic E-state index is 0.0910. The highest BCUT2D eigenvalue weighted by atomic mass is 35.5. The minimum atomic E-state index is -0.684. The number of hydrogen-bond acceptors (Lipinski definition) is 5. The van der Waals surface area contributed by atoms with Crippen LogP contribution in [0.15, 0.2) is 30.5 Å². The largest absolute Gasteiger partial charge is 0.447 e. The zero-order valence-corrected chi connectivity index (χ0v) is 15.1. The van der Waals surface area contributed by atoms with Crippen LogP contribution in [0.4, 0.5) is 20.8 Å². The van der Waals surface area contributed by atoms with E-state index in [4.69, 9.17) is 16.3 Å². The van der Waals surface area contributed by atoms with Gasteiger partial charge in [0.1, 0.15) is 5.82 Å². The quantitative estimate of drug-likeness (QED) is 0.623. The van der Waals surface area contributed by atoms with E-state index in [1.165, 1.54) is 24.4 Å². The van der Waals surface area contributed by atoms with Gasteiger partial charge < -0.3 is 15.0 Å². The van der Waals surface area contributed by atoms with E-state index in [9.17, 15) is 14.0 Å². The topological polar surface area (TPSA) is 109 Å². The smallest absolute Gasteiger partial charge is 0.414 e. The van der Waals surface area contributed by atoms with Crippen LogP contribution >= 0.6 is 11.6 Å². The highest BCUT2D eigenvalue weighted by molar-refractivity contribution is 6.31. The van der Waals surface area contributed by atoms with E-state index in [-0.39, 0.29) is 28.3 Å². The molecule has 0 aliphatic heterocycles. The van der Waals surface area contributed by atoms with E-state index in [1.54, 1.807) is 13.8 Å². The number of carbonyl (C=O) groups excluding carboxylic acids is 2. The number of aromatic amines is 1. The molecule has 27 heavy (non-hydrogen) atoms. The van der Waals surface area contributed by atoms with Crippen LogP contribution in [0.3, 0.4) is 0 Å². The number of aromatic nitrogens is 3. The lowest BCUT2D eigenvalue weighted by molar-refractivity contribution is 0.102. The van der Waals surface area contributed by atoms with Crippen LogP contribution in [0.5, 0.6) is 0 Å². The molecule has 0 saturated heterocycles. The Kier molecular flexibility index (Phi) is 5.22. The highest BCUT2D eigenvalue weighted by Crippen LogP contribution is 2.22. The fraction of sp³-hybridized carbons (Fsp3) is 0.176. The number of ether oxygens (including phenoxy) is 1. The van der Waals surface area contributed by atoms with E-state index in [2.05, 4.69) is 25.6 Å². The second-order valence-electron chi connectivity index (χ2n) is 5.80. The van der Waals surface area contributed by atoms with E-state index in [1.807, 2.05) is 0 Å². The number of nitrogens with zero attached hydrogens (tertiary/aromatic N) is 2. The van der Waals surface area contributed by atoms with Gasteiger partial charge in [-0.3, -0.25) is 10.1 Å². The Bertz CT molecular complexity index is 1020. The van der Waals surface area contributed by atoms with Crippen molar-refractivity contribution < 1.29 is 18.7 Å². The molecule has 140 valence electrons. The summed E-state index contributed by atoms with van der Waals surface area (Å²) in [6.45, 7) is 3.42. The number of H-pyrrole nitrogens is 1. The number of benzene rings is 1. The van der Waals surface area contributed by atoms with Crippen molar-refractivity contribution in [2.45, 2.75) is 20.0 Å². The Morgan fingerprint density at radius 2 is 2.04 bits per heavy atom. The van der Waals surface area contributed by atoms with Crippen LogP contribution in [-0.2, 0) is 4.74 Å². The molecule has 3 aromatic rings. The minimum Gasteiger partial charge on any atom is -0.447 e. The predicted molar refractivity (Wildman–Crippen MR) is 98.5 cm³/mol. The Morgan fingerprint density at radius 3 is 2.74 bits per heavy atom. The first-order valence-electron chi connectivity index (χ1n) is 7.92. The molecule has 0 unspecified atom stereocenters. The first-order valence-corrected chi connectivity index (χ1v) is 8.30. The number of pyridine rings is 1. The average molecular weight is 392 g/mol. The van der Waals surface area contributed by atoms with E-state index in [0.717, 1.165) is 6.07 Å². The van der Waals surface area contributed by atoms with E-state index in [0.29, 0.717) is 11.2 Å². The molecule has 0 atom stereocenters. The van der Waals surface area contributed by atoms with E-state index >= 15 is 0 Å². The predicted octanol–water partition coefficient (Wildman–Crippen LogP) is 3.96. The number of amides is 2. The normalized spacial score (nSPS) is 10.9. The third-order valence-corrected chi connectivity index (χ3v) is 3.67. The van der Waals surface area contributed by atoms with Gasteiger partial charge in [0, 0.05) is 11.9 Å². The molecule has 0 aliphatic rings. The third kappa shape index (κ3) is 4.32. The van der Waals surface area contributed by atoms with Gasteiger partial charge in [0.25, 0.3) is 5.91 Å². The van der Waals surface area contributed by atoms with Gasteiger partial charge in [-0.2, -0.15) is 4.98 Å². The number of anilines is 2. The summed E-state index contributed by atoms with van der Waals surface area (Å²) in [5.74, 6) is -0.975. The fourth-order valence-corrected chi connectivity index (χ4v) is 2.45. The monoisotopic (exact) mass is 391 g/mol. The van der Waals surface area contributed by atoms with Gasteiger partial charge in [0.15, 0.2) is 5.65 Å². The molecule has 8 nitrogen and oxygen atoms in total. The van der Waals surface area contributed by atoms with Crippen molar-refractivity contribution in [3.63, 3.8) is 0 Å². The summed E-state index contributed by atoms with van der Waals surface area (Å²) < 4.78 is 18.2. The standard InChI is InChI=1S/C17H15ClFN5O3/c1-8(2)27-17(26)24-16-22-13-10(5-6-20-14(13)23-16)15(25)21-9-3-4-12(19)11(18)7-9/h3-8H,1-2H3,(H,21,25)(H2,20,22,23,24,26). The molecule has 1 aromatic carbocycles. The number of fused-ring (bicyclic) bond motifs is 1. The van der Waals surface area contributed by atoms with Crippen molar-refractivity contribution in [1.29, 1.82) is 0 Å². The summed E-state index contributed by atoms with van der Waals surface area (Å²) >= 11 is 5.72. The second-order valence-corrected chi connectivity index (χ2v) is 6.21. The van der Waals surface area contributed by atoms with Crippen LogP contribution in [0, 0.1) is 5.82 Å². The van der Waals surface area contributed by atoms with Gasteiger partial charge in [-0.15, -0.1) is 0 Å². The molecule has 0 fully saturated rings. The Balaban J connectivity index is 1.84. The van der Waals surface area contributed by atoms with Crippen LogP contribution in [0.25, 0.3) is 11.2 Å². The summed E-state index contributed by atoms with van der Waals surface area (Å²) in [6, 6.07) is 5.32. The van der Waals surface area contributed by atoms with Gasteiger partial charge >= 0.3 is 6.09 Å².